The molecule has 0 aliphatic carbocycles. The normalized spacial score (nSPS) is 9.83. The Bertz CT molecular complexity index is 381. The lowest BCUT2D eigenvalue weighted by molar-refractivity contribution is -0.136. The molecule has 0 aliphatic rings. The summed E-state index contributed by atoms with van der Waals surface area (Å²) >= 11 is 0. The highest BCUT2D eigenvalue weighted by Crippen LogP contribution is 1.99. The van der Waals surface area contributed by atoms with Crippen LogP contribution in [0.3, 0.4) is 0 Å². The summed E-state index contributed by atoms with van der Waals surface area (Å²) in [5.41, 5.74) is 0. The lowest BCUT2D eigenvalue weighted by Gasteiger charge is -2.05. The Morgan fingerprint density at radius 2 is 2.00 bits per heavy atom. The molecule has 0 radical (unpaired) electrons. The Hall–Kier alpha value is -1.95. The number of aliphatic hydroxyl groups is 1. The van der Waals surface area contributed by atoms with Gasteiger partial charge < -0.3 is 15.7 Å². The second-order valence-corrected chi connectivity index (χ2v) is 3.71. The number of aliphatic hydroxyl groups excluding tert-OH is 1. The van der Waals surface area contributed by atoms with Crippen LogP contribution in [0, 0.1) is 0 Å². The zero-order valence-corrected chi connectivity index (χ0v) is 10.1. The van der Waals surface area contributed by atoms with Gasteiger partial charge in [-0.25, -0.2) is 4.98 Å². The molecule has 1 rings (SSSR count). The molecule has 3 N–H and O–H groups in total. The van der Waals surface area contributed by atoms with E-state index in [2.05, 4.69) is 15.6 Å². The molecule has 98 valence electrons. The predicted octanol–water partition coefficient (Wildman–Crippen LogP) is 0.299. The van der Waals surface area contributed by atoms with E-state index in [0.717, 1.165) is 12.8 Å². The molecule has 0 saturated heterocycles. The molecule has 0 spiro atoms. The van der Waals surface area contributed by atoms with Crippen molar-refractivity contribution in [2.24, 2.45) is 0 Å². The third kappa shape index (κ3) is 5.40. The van der Waals surface area contributed by atoms with Crippen molar-refractivity contribution in [2.75, 3.05) is 18.5 Å². The van der Waals surface area contributed by atoms with Crippen molar-refractivity contribution < 1.29 is 14.7 Å². The molecule has 0 fully saturated rings. The number of carbonyl (C=O) groups is 2. The van der Waals surface area contributed by atoms with E-state index >= 15 is 0 Å². The maximum atomic E-state index is 11.4. The predicted molar refractivity (Wildman–Crippen MR) is 66.8 cm³/mol. The third-order valence-corrected chi connectivity index (χ3v) is 2.23. The molecule has 0 bridgehead atoms. The van der Waals surface area contributed by atoms with Crippen LogP contribution in [-0.4, -0.2) is 35.1 Å². The van der Waals surface area contributed by atoms with Crippen LogP contribution in [0.5, 0.6) is 0 Å². The molecule has 0 aliphatic heterocycles. The number of anilines is 1. The summed E-state index contributed by atoms with van der Waals surface area (Å²) in [5, 5.41) is 13.5. The van der Waals surface area contributed by atoms with E-state index in [1.807, 2.05) is 0 Å². The Kier molecular flexibility index (Phi) is 6.42. The van der Waals surface area contributed by atoms with Crippen LogP contribution in [0.15, 0.2) is 24.4 Å². The first-order chi connectivity index (χ1) is 8.74. The number of hydrogen-bond acceptors (Lipinski definition) is 4. The molecule has 2 amide bonds. The highest BCUT2D eigenvalue weighted by atomic mass is 16.3. The molecule has 6 heteroatoms. The number of unbranched alkanes of at least 4 members (excludes halogenated alkanes) is 2. The minimum absolute atomic E-state index is 0.147. The van der Waals surface area contributed by atoms with Crippen molar-refractivity contribution in [1.29, 1.82) is 0 Å². The Morgan fingerprint density at radius 1 is 1.17 bits per heavy atom. The Labute approximate surface area is 105 Å². The van der Waals surface area contributed by atoms with Crippen molar-refractivity contribution in [2.45, 2.75) is 19.3 Å². The van der Waals surface area contributed by atoms with Crippen LogP contribution in [0.4, 0.5) is 5.82 Å². The first-order valence-electron chi connectivity index (χ1n) is 5.85. The number of aromatic nitrogens is 1. The number of nitrogens with zero attached hydrogens (tertiary/aromatic N) is 1. The Balaban J connectivity index is 2.23. The van der Waals surface area contributed by atoms with E-state index in [9.17, 15) is 9.59 Å². The monoisotopic (exact) mass is 251 g/mol. The molecule has 1 heterocycles. The lowest BCUT2D eigenvalue weighted by atomic mass is 10.2. The summed E-state index contributed by atoms with van der Waals surface area (Å²) in [7, 11) is 0. The summed E-state index contributed by atoms with van der Waals surface area (Å²) < 4.78 is 0. The zero-order chi connectivity index (χ0) is 13.2. The molecule has 18 heavy (non-hydrogen) atoms. The highest BCUT2D eigenvalue weighted by molar-refractivity contribution is 6.39. The van der Waals surface area contributed by atoms with Crippen molar-refractivity contribution in [3.05, 3.63) is 24.4 Å². The van der Waals surface area contributed by atoms with E-state index in [4.69, 9.17) is 5.11 Å². The first kappa shape index (κ1) is 14.1. The van der Waals surface area contributed by atoms with Crippen LogP contribution < -0.4 is 10.6 Å². The largest absolute Gasteiger partial charge is 0.396 e. The fourth-order valence-corrected chi connectivity index (χ4v) is 1.31. The number of rotatable bonds is 6. The second kappa shape index (κ2) is 8.19. The van der Waals surface area contributed by atoms with Crippen molar-refractivity contribution >= 4 is 17.6 Å². The second-order valence-electron chi connectivity index (χ2n) is 3.71. The fraction of sp³-hybridized carbons (Fsp3) is 0.417. The molecular formula is C12H17N3O3. The lowest BCUT2D eigenvalue weighted by Crippen LogP contribution is -2.36. The number of amides is 2. The molecule has 0 aromatic carbocycles. The quantitative estimate of drug-likeness (QED) is 0.501. The minimum atomic E-state index is -0.726. The van der Waals surface area contributed by atoms with Gasteiger partial charge in [0.25, 0.3) is 0 Å². The Morgan fingerprint density at radius 3 is 2.67 bits per heavy atom. The topological polar surface area (TPSA) is 91.3 Å². The van der Waals surface area contributed by atoms with Gasteiger partial charge in [0, 0.05) is 19.3 Å². The van der Waals surface area contributed by atoms with Crippen LogP contribution in [0.1, 0.15) is 19.3 Å². The van der Waals surface area contributed by atoms with Gasteiger partial charge in [-0.05, 0) is 31.4 Å². The van der Waals surface area contributed by atoms with Gasteiger partial charge in [0.05, 0.1) is 0 Å². The number of nitrogens with one attached hydrogen (secondary N) is 2. The van der Waals surface area contributed by atoms with E-state index in [1.54, 1.807) is 18.2 Å². The molecule has 1 aromatic heterocycles. The summed E-state index contributed by atoms with van der Waals surface area (Å²) in [6, 6.07) is 5.04. The van der Waals surface area contributed by atoms with Gasteiger partial charge in [-0.15, -0.1) is 0 Å². The van der Waals surface area contributed by atoms with Gasteiger partial charge in [-0.2, -0.15) is 0 Å². The van der Waals surface area contributed by atoms with Gasteiger partial charge in [0.15, 0.2) is 0 Å². The molecule has 1 aromatic rings. The summed E-state index contributed by atoms with van der Waals surface area (Å²) in [4.78, 5) is 26.7. The van der Waals surface area contributed by atoms with Crippen LogP contribution in [0.25, 0.3) is 0 Å². The van der Waals surface area contributed by atoms with E-state index in [-0.39, 0.29) is 6.61 Å². The molecule has 6 nitrogen and oxygen atoms in total. The van der Waals surface area contributed by atoms with Crippen LogP contribution >= 0.6 is 0 Å². The standard InChI is InChI=1S/C12H17N3O3/c16-9-5-1-3-8-14-11(17)12(18)15-10-6-2-4-7-13-10/h2,4,6-7,16H,1,3,5,8-9H2,(H,14,17)(H,13,15,18). The molecule has 0 unspecified atom stereocenters. The van der Waals surface area contributed by atoms with Crippen LogP contribution in [-0.2, 0) is 9.59 Å². The third-order valence-electron chi connectivity index (χ3n) is 2.23. The van der Waals surface area contributed by atoms with Crippen molar-refractivity contribution in [3.8, 4) is 0 Å². The fourth-order valence-electron chi connectivity index (χ4n) is 1.31. The van der Waals surface area contributed by atoms with Gasteiger partial charge in [0.1, 0.15) is 5.82 Å². The van der Waals surface area contributed by atoms with Gasteiger partial charge in [-0.1, -0.05) is 6.07 Å². The van der Waals surface area contributed by atoms with Crippen molar-refractivity contribution in [3.63, 3.8) is 0 Å². The van der Waals surface area contributed by atoms with Gasteiger partial charge >= 0.3 is 11.8 Å². The SMILES string of the molecule is O=C(NCCCCCO)C(=O)Nc1ccccn1. The summed E-state index contributed by atoms with van der Waals surface area (Å²) in [5.74, 6) is -1.06. The number of hydrogen-bond donors (Lipinski definition) is 3. The van der Waals surface area contributed by atoms with Crippen molar-refractivity contribution in [1.82, 2.24) is 10.3 Å². The number of pyridine rings is 1. The maximum Gasteiger partial charge on any atom is 0.314 e. The maximum absolute atomic E-state index is 11.4. The summed E-state index contributed by atoms with van der Waals surface area (Å²) in [6.07, 6.45) is 3.79. The number of carbonyl (C=O) groups excluding carboxylic acids is 2. The summed E-state index contributed by atoms with van der Waals surface area (Å²) in [6.45, 7) is 0.572. The van der Waals surface area contributed by atoms with Gasteiger partial charge in [0.2, 0.25) is 0 Å². The molecule has 0 atom stereocenters. The zero-order valence-electron chi connectivity index (χ0n) is 10.1. The minimum Gasteiger partial charge on any atom is -0.396 e. The average Bonchev–Trinajstić information content (AvgIpc) is 2.39. The van der Waals surface area contributed by atoms with Gasteiger partial charge in [-0.3, -0.25) is 9.59 Å². The van der Waals surface area contributed by atoms with Crippen LogP contribution in [0.2, 0.25) is 0 Å². The molecule has 0 saturated carbocycles. The van der Waals surface area contributed by atoms with E-state index in [1.165, 1.54) is 6.20 Å². The average molecular weight is 251 g/mol. The highest BCUT2D eigenvalue weighted by Gasteiger charge is 2.12. The first-order valence-corrected chi connectivity index (χ1v) is 5.85. The van der Waals surface area contributed by atoms with E-state index < -0.39 is 11.8 Å². The van der Waals surface area contributed by atoms with E-state index in [0.29, 0.717) is 18.8 Å². The molecular weight excluding hydrogens is 234 g/mol. The smallest absolute Gasteiger partial charge is 0.314 e.